The highest BCUT2D eigenvalue weighted by Crippen LogP contribution is 2.27. The Morgan fingerprint density at radius 3 is 2.65 bits per heavy atom. The van der Waals surface area contributed by atoms with Gasteiger partial charge in [-0.3, -0.25) is 19.5 Å². The first-order valence-corrected chi connectivity index (χ1v) is 8.02. The lowest BCUT2D eigenvalue weighted by atomic mass is 10.2. The number of carbonyl (C=O) groups excluding carboxylic acids is 2. The highest BCUT2D eigenvalue weighted by molar-refractivity contribution is 7.88. The molecule has 1 unspecified atom stereocenters. The summed E-state index contributed by atoms with van der Waals surface area (Å²) in [5.74, 6) is -0.829. The molecule has 0 bridgehead atoms. The Kier molecular flexibility index (Phi) is 2.87. The highest BCUT2D eigenvalue weighted by atomic mass is 32.2. The molecule has 2 amide bonds. The first-order valence-electron chi connectivity index (χ1n) is 6.17. The van der Waals surface area contributed by atoms with Gasteiger partial charge in [0.15, 0.2) is 0 Å². The van der Waals surface area contributed by atoms with E-state index in [1.165, 1.54) is 10.5 Å². The molecule has 7 nitrogen and oxygen atoms in total. The molecule has 3 rings (SSSR count). The van der Waals surface area contributed by atoms with Crippen LogP contribution in [0.25, 0.3) is 0 Å². The zero-order chi connectivity index (χ0) is 14.5. The fraction of sp³-hybridized carbons (Fsp3) is 0.417. The van der Waals surface area contributed by atoms with Crippen LogP contribution >= 0.6 is 0 Å². The molecule has 1 fully saturated rings. The number of rotatable bonds is 2. The second-order valence-corrected chi connectivity index (χ2v) is 6.93. The molecule has 20 heavy (non-hydrogen) atoms. The average molecular weight is 295 g/mol. The molecule has 1 aromatic heterocycles. The number of nitrogens with zero attached hydrogens (tertiary/aromatic N) is 3. The van der Waals surface area contributed by atoms with Crippen molar-refractivity contribution in [1.29, 1.82) is 0 Å². The molecule has 8 heteroatoms. The van der Waals surface area contributed by atoms with E-state index >= 15 is 0 Å². The van der Waals surface area contributed by atoms with E-state index < -0.39 is 27.9 Å². The third-order valence-electron chi connectivity index (χ3n) is 3.64. The van der Waals surface area contributed by atoms with Crippen molar-refractivity contribution in [3.8, 4) is 0 Å². The summed E-state index contributed by atoms with van der Waals surface area (Å²) >= 11 is 0. The highest BCUT2D eigenvalue weighted by Gasteiger charge is 2.44. The van der Waals surface area contributed by atoms with E-state index in [9.17, 15) is 18.0 Å². The number of hydrogen-bond donors (Lipinski definition) is 0. The summed E-state index contributed by atoms with van der Waals surface area (Å²) in [5.41, 5.74) is 0.436. The van der Waals surface area contributed by atoms with Gasteiger partial charge in [-0.05, 0) is 18.6 Å². The largest absolute Gasteiger partial charge is 0.280 e. The minimum atomic E-state index is -3.30. The van der Waals surface area contributed by atoms with Crippen LogP contribution in [0.2, 0.25) is 0 Å². The van der Waals surface area contributed by atoms with Crippen LogP contribution in [0.4, 0.5) is 0 Å². The minimum Gasteiger partial charge on any atom is -0.268 e. The summed E-state index contributed by atoms with van der Waals surface area (Å²) in [7, 11) is -3.30. The molecule has 0 N–H and O–H groups in total. The van der Waals surface area contributed by atoms with Crippen molar-refractivity contribution in [2.75, 3.05) is 19.3 Å². The van der Waals surface area contributed by atoms with Gasteiger partial charge in [0.1, 0.15) is 5.69 Å². The summed E-state index contributed by atoms with van der Waals surface area (Å²) < 4.78 is 24.3. The van der Waals surface area contributed by atoms with Crippen LogP contribution < -0.4 is 0 Å². The maximum Gasteiger partial charge on any atom is 0.280 e. The molecule has 2 aliphatic rings. The normalized spacial score (nSPS) is 23.4. The van der Waals surface area contributed by atoms with Gasteiger partial charge in [-0.1, -0.05) is 0 Å². The summed E-state index contributed by atoms with van der Waals surface area (Å²) in [6, 6.07) is 2.75. The molecule has 3 heterocycles. The molecular weight excluding hydrogens is 282 g/mol. The number of fused-ring (bicyclic) bond motifs is 1. The molecule has 0 radical (unpaired) electrons. The molecule has 0 saturated carbocycles. The first kappa shape index (κ1) is 13.2. The molecule has 2 aliphatic heterocycles. The smallest absolute Gasteiger partial charge is 0.268 e. The number of carbonyl (C=O) groups is 2. The molecule has 0 spiro atoms. The standard InChI is InChI=1S/C12H13N3O4S/c1-20(18,19)14-6-4-8(7-14)15-11(16)9-3-2-5-13-10(9)12(15)17/h2-3,5,8H,4,6-7H2,1H3. The number of hydrogen-bond acceptors (Lipinski definition) is 5. The average Bonchev–Trinajstić information content (AvgIpc) is 2.95. The van der Waals surface area contributed by atoms with Crippen molar-refractivity contribution in [3.63, 3.8) is 0 Å². The van der Waals surface area contributed by atoms with E-state index in [1.807, 2.05) is 0 Å². The van der Waals surface area contributed by atoms with Gasteiger partial charge in [-0.25, -0.2) is 12.7 Å². The molecule has 1 aromatic rings. The SMILES string of the molecule is CS(=O)(=O)N1CCC(N2C(=O)c3cccnc3C2=O)C1. The number of imide groups is 1. The van der Waals surface area contributed by atoms with Gasteiger partial charge in [-0.2, -0.15) is 0 Å². The summed E-state index contributed by atoms with van der Waals surface area (Å²) in [6.07, 6.45) is 3.04. The number of pyridine rings is 1. The van der Waals surface area contributed by atoms with Crippen LogP contribution in [0.15, 0.2) is 18.3 Å². The Bertz CT molecular complexity index is 665. The van der Waals surface area contributed by atoms with Crippen molar-refractivity contribution in [2.24, 2.45) is 0 Å². The van der Waals surface area contributed by atoms with Crippen molar-refractivity contribution in [1.82, 2.24) is 14.2 Å². The van der Waals surface area contributed by atoms with Crippen LogP contribution in [0, 0.1) is 0 Å². The minimum absolute atomic E-state index is 0.148. The second-order valence-electron chi connectivity index (χ2n) is 4.94. The quantitative estimate of drug-likeness (QED) is 0.700. The van der Waals surface area contributed by atoms with Crippen LogP contribution in [-0.2, 0) is 10.0 Å². The van der Waals surface area contributed by atoms with Crippen LogP contribution in [0.5, 0.6) is 0 Å². The van der Waals surface area contributed by atoms with Crippen molar-refractivity contribution < 1.29 is 18.0 Å². The fourth-order valence-corrected chi connectivity index (χ4v) is 3.52. The van der Waals surface area contributed by atoms with Crippen molar-refractivity contribution in [3.05, 3.63) is 29.6 Å². The Hall–Kier alpha value is -1.80. The van der Waals surface area contributed by atoms with Crippen molar-refractivity contribution in [2.45, 2.75) is 12.5 Å². The van der Waals surface area contributed by atoms with Gasteiger partial charge in [0.05, 0.1) is 17.9 Å². The summed E-state index contributed by atoms with van der Waals surface area (Å²) in [5, 5.41) is 0. The molecular formula is C12H13N3O4S. The monoisotopic (exact) mass is 295 g/mol. The fourth-order valence-electron chi connectivity index (χ4n) is 2.64. The van der Waals surface area contributed by atoms with Crippen LogP contribution in [-0.4, -0.2) is 59.8 Å². The zero-order valence-electron chi connectivity index (χ0n) is 10.8. The van der Waals surface area contributed by atoms with Gasteiger partial charge in [0, 0.05) is 19.3 Å². The van der Waals surface area contributed by atoms with Crippen LogP contribution in [0.1, 0.15) is 27.3 Å². The lowest BCUT2D eigenvalue weighted by Crippen LogP contribution is -2.42. The summed E-state index contributed by atoms with van der Waals surface area (Å²) in [6.45, 7) is 0.481. The zero-order valence-corrected chi connectivity index (χ0v) is 11.6. The third kappa shape index (κ3) is 1.92. The Morgan fingerprint density at radius 1 is 1.30 bits per heavy atom. The van der Waals surface area contributed by atoms with E-state index in [-0.39, 0.29) is 17.8 Å². The molecule has 1 saturated heterocycles. The van der Waals surface area contributed by atoms with E-state index in [0.29, 0.717) is 13.0 Å². The number of aromatic nitrogens is 1. The number of sulfonamides is 1. The van der Waals surface area contributed by atoms with Gasteiger partial charge < -0.3 is 0 Å². The topological polar surface area (TPSA) is 87.7 Å². The molecule has 106 valence electrons. The van der Waals surface area contributed by atoms with Gasteiger partial charge in [0.2, 0.25) is 10.0 Å². The Labute approximate surface area is 116 Å². The maximum absolute atomic E-state index is 12.2. The van der Waals surface area contributed by atoms with E-state index in [1.54, 1.807) is 12.1 Å². The third-order valence-corrected chi connectivity index (χ3v) is 4.91. The second kappa shape index (κ2) is 4.35. The lowest BCUT2D eigenvalue weighted by molar-refractivity contribution is 0.0591. The predicted octanol–water partition coefficient (Wildman–Crippen LogP) is -0.289. The molecule has 0 aliphatic carbocycles. The van der Waals surface area contributed by atoms with Crippen molar-refractivity contribution >= 4 is 21.8 Å². The molecule has 1 atom stereocenters. The van der Waals surface area contributed by atoms with Gasteiger partial charge >= 0.3 is 0 Å². The van der Waals surface area contributed by atoms with E-state index in [2.05, 4.69) is 4.98 Å². The van der Waals surface area contributed by atoms with Gasteiger partial charge in [0.25, 0.3) is 11.8 Å². The Balaban J connectivity index is 1.88. The van der Waals surface area contributed by atoms with Gasteiger partial charge in [-0.15, -0.1) is 0 Å². The Morgan fingerprint density at radius 2 is 2.05 bits per heavy atom. The molecule has 0 aromatic carbocycles. The van der Waals surface area contributed by atoms with E-state index in [0.717, 1.165) is 11.2 Å². The summed E-state index contributed by atoms with van der Waals surface area (Å²) in [4.78, 5) is 29.6. The van der Waals surface area contributed by atoms with E-state index in [4.69, 9.17) is 0 Å². The predicted molar refractivity (Wildman–Crippen MR) is 69.6 cm³/mol. The van der Waals surface area contributed by atoms with Crippen LogP contribution in [0.3, 0.4) is 0 Å². The lowest BCUT2D eigenvalue weighted by Gasteiger charge is -2.21. The first-order chi connectivity index (χ1) is 9.39. The maximum atomic E-state index is 12.2. The number of amides is 2.